The van der Waals surface area contributed by atoms with Crippen LogP contribution in [0.1, 0.15) is 18.5 Å². The molecule has 0 amide bonds. The second-order valence-corrected chi connectivity index (χ2v) is 3.69. The van der Waals surface area contributed by atoms with E-state index < -0.39 is 0 Å². The van der Waals surface area contributed by atoms with Crippen LogP contribution >= 0.6 is 12.4 Å². The van der Waals surface area contributed by atoms with Crippen molar-refractivity contribution in [2.75, 3.05) is 13.1 Å². The van der Waals surface area contributed by atoms with Gasteiger partial charge in [0.25, 0.3) is 0 Å². The Bertz CT molecular complexity index is 317. The van der Waals surface area contributed by atoms with Gasteiger partial charge in [0.1, 0.15) is 6.10 Å². The number of aliphatic hydroxyl groups is 1. The maximum atomic E-state index is 8.94. The molecule has 1 saturated heterocycles. The van der Waals surface area contributed by atoms with Crippen LogP contribution in [0, 0.1) is 0 Å². The van der Waals surface area contributed by atoms with Crippen molar-refractivity contribution in [1.29, 1.82) is 0 Å². The first-order valence-corrected chi connectivity index (χ1v) is 5.32. The van der Waals surface area contributed by atoms with Crippen LogP contribution in [0.5, 0.6) is 5.88 Å². The lowest BCUT2D eigenvalue weighted by Crippen LogP contribution is -2.34. The first kappa shape index (κ1) is 13.2. The summed E-state index contributed by atoms with van der Waals surface area (Å²) in [4.78, 5) is 4.19. The predicted octanol–water partition coefficient (Wildman–Crippen LogP) is 1.13. The molecule has 0 aliphatic carbocycles. The van der Waals surface area contributed by atoms with E-state index in [1.165, 1.54) is 0 Å². The molecular formula is C11H17ClN2O2. The van der Waals surface area contributed by atoms with Gasteiger partial charge in [0, 0.05) is 6.07 Å². The number of nitrogens with zero attached hydrogens (tertiary/aromatic N) is 1. The van der Waals surface area contributed by atoms with Crippen molar-refractivity contribution in [3.8, 4) is 5.88 Å². The molecule has 90 valence electrons. The van der Waals surface area contributed by atoms with Crippen molar-refractivity contribution in [2.45, 2.75) is 25.6 Å². The predicted molar refractivity (Wildman–Crippen MR) is 63.9 cm³/mol. The van der Waals surface area contributed by atoms with Crippen LogP contribution < -0.4 is 10.1 Å². The van der Waals surface area contributed by atoms with Gasteiger partial charge in [-0.15, -0.1) is 12.4 Å². The topological polar surface area (TPSA) is 54.4 Å². The molecular weight excluding hydrogens is 228 g/mol. The van der Waals surface area contributed by atoms with Crippen LogP contribution in [0.3, 0.4) is 0 Å². The van der Waals surface area contributed by atoms with Crippen LogP contribution in [0.2, 0.25) is 0 Å². The monoisotopic (exact) mass is 244 g/mol. The summed E-state index contributed by atoms with van der Waals surface area (Å²) >= 11 is 0. The van der Waals surface area contributed by atoms with Crippen molar-refractivity contribution in [1.82, 2.24) is 10.3 Å². The van der Waals surface area contributed by atoms with Crippen molar-refractivity contribution < 1.29 is 9.84 Å². The van der Waals surface area contributed by atoms with Gasteiger partial charge in [0.05, 0.1) is 12.3 Å². The van der Waals surface area contributed by atoms with Crippen LogP contribution in [-0.2, 0) is 6.61 Å². The molecule has 2 N–H and O–H groups in total. The molecule has 1 aromatic rings. The summed E-state index contributed by atoms with van der Waals surface area (Å²) in [6.45, 7) is 1.97. The van der Waals surface area contributed by atoms with E-state index in [9.17, 15) is 0 Å². The fourth-order valence-corrected chi connectivity index (χ4v) is 1.70. The SMILES string of the molecule is Cl.OCc1cccc(OC2CCNCC2)n1. The number of pyridine rings is 1. The summed E-state index contributed by atoms with van der Waals surface area (Å²) in [6.07, 6.45) is 2.29. The van der Waals surface area contributed by atoms with Crippen LogP contribution in [-0.4, -0.2) is 29.3 Å². The lowest BCUT2D eigenvalue weighted by molar-refractivity contribution is 0.154. The molecule has 4 nitrogen and oxygen atoms in total. The Kier molecular flexibility index (Phi) is 5.52. The highest BCUT2D eigenvalue weighted by Gasteiger charge is 2.14. The number of ether oxygens (including phenoxy) is 1. The van der Waals surface area contributed by atoms with Crippen molar-refractivity contribution in [3.05, 3.63) is 23.9 Å². The highest BCUT2D eigenvalue weighted by Crippen LogP contribution is 2.14. The van der Waals surface area contributed by atoms with Crippen LogP contribution in [0.4, 0.5) is 0 Å². The molecule has 0 radical (unpaired) electrons. The van der Waals surface area contributed by atoms with Gasteiger partial charge in [-0.05, 0) is 32.0 Å². The molecule has 1 aliphatic rings. The van der Waals surface area contributed by atoms with E-state index in [2.05, 4.69) is 10.3 Å². The summed E-state index contributed by atoms with van der Waals surface area (Å²) < 4.78 is 5.74. The van der Waals surface area contributed by atoms with Gasteiger partial charge >= 0.3 is 0 Å². The molecule has 5 heteroatoms. The molecule has 0 aromatic carbocycles. The summed E-state index contributed by atoms with van der Waals surface area (Å²) in [5.74, 6) is 0.619. The summed E-state index contributed by atoms with van der Waals surface area (Å²) in [7, 11) is 0. The number of hydrogen-bond acceptors (Lipinski definition) is 4. The molecule has 1 aliphatic heterocycles. The second-order valence-electron chi connectivity index (χ2n) is 3.69. The quantitative estimate of drug-likeness (QED) is 0.837. The number of hydrogen-bond donors (Lipinski definition) is 2. The number of aromatic nitrogens is 1. The molecule has 0 atom stereocenters. The van der Waals surface area contributed by atoms with E-state index in [4.69, 9.17) is 9.84 Å². The van der Waals surface area contributed by atoms with E-state index in [-0.39, 0.29) is 25.1 Å². The Morgan fingerprint density at radius 1 is 1.38 bits per heavy atom. The number of rotatable bonds is 3. The van der Waals surface area contributed by atoms with Gasteiger partial charge in [0.15, 0.2) is 0 Å². The summed E-state index contributed by atoms with van der Waals surface area (Å²) in [5.41, 5.74) is 0.654. The summed E-state index contributed by atoms with van der Waals surface area (Å²) in [6, 6.07) is 5.48. The molecule has 2 rings (SSSR count). The molecule has 0 spiro atoms. The second kappa shape index (κ2) is 6.68. The maximum absolute atomic E-state index is 8.94. The van der Waals surface area contributed by atoms with Gasteiger partial charge in [-0.2, -0.15) is 0 Å². The first-order valence-electron chi connectivity index (χ1n) is 5.32. The van der Waals surface area contributed by atoms with Gasteiger partial charge in [-0.3, -0.25) is 0 Å². The third-order valence-electron chi connectivity index (χ3n) is 2.52. The van der Waals surface area contributed by atoms with E-state index in [0.717, 1.165) is 25.9 Å². The minimum absolute atomic E-state index is 0. The molecule has 2 heterocycles. The van der Waals surface area contributed by atoms with E-state index >= 15 is 0 Å². The number of nitrogens with one attached hydrogen (secondary N) is 1. The zero-order valence-electron chi connectivity index (χ0n) is 9.06. The fraction of sp³-hybridized carbons (Fsp3) is 0.545. The summed E-state index contributed by atoms with van der Waals surface area (Å²) in [5, 5.41) is 12.2. The minimum Gasteiger partial charge on any atom is -0.474 e. The van der Waals surface area contributed by atoms with Crippen molar-refractivity contribution in [2.24, 2.45) is 0 Å². The maximum Gasteiger partial charge on any atom is 0.213 e. The fourth-order valence-electron chi connectivity index (χ4n) is 1.70. The third kappa shape index (κ3) is 3.63. The van der Waals surface area contributed by atoms with E-state index in [1.807, 2.05) is 12.1 Å². The van der Waals surface area contributed by atoms with Crippen molar-refractivity contribution in [3.63, 3.8) is 0 Å². The number of piperidine rings is 1. The van der Waals surface area contributed by atoms with E-state index in [1.54, 1.807) is 6.07 Å². The third-order valence-corrected chi connectivity index (χ3v) is 2.52. The van der Waals surface area contributed by atoms with Gasteiger partial charge in [0.2, 0.25) is 5.88 Å². The Morgan fingerprint density at radius 2 is 2.12 bits per heavy atom. The lowest BCUT2D eigenvalue weighted by Gasteiger charge is -2.23. The average molecular weight is 245 g/mol. The standard InChI is InChI=1S/C11H16N2O2.ClH/c14-8-9-2-1-3-11(13-9)15-10-4-6-12-7-5-10;/h1-3,10,12,14H,4-8H2;1H. The molecule has 0 saturated carbocycles. The van der Waals surface area contributed by atoms with Crippen molar-refractivity contribution >= 4 is 12.4 Å². The Balaban J connectivity index is 0.00000128. The van der Waals surface area contributed by atoms with Gasteiger partial charge in [-0.1, -0.05) is 6.07 Å². The lowest BCUT2D eigenvalue weighted by atomic mass is 10.1. The molecule has 1 aromatic heterocycles. The zero-order valence-corrected chi connectivity index (χ0v) is 9.87. The normalized spacial score (nSPS) is 16.6. The number of aliphatic hydroxyl groups excluding tert-OH is 1. The van der Waals surface area contributed by atoms with Gasteiger partial charge < -0.3 is 15.2 Å². The van der Waals surface area contributed by atoms with Crippen LogP contribution in [0.25, 0.3) is 0 Å². The Morgan fingerprint density at radius 3 is 2.81 bits per heavy atom. The molecule has 1 fully saturated rings. The van der Waals surface area contributed by atoms with Gasteiger partial charge in [-0.25, -0.2) is 4.98 Å². The smallest absolute Gasteiger partial charge is 0.213 e. The Hall–Kier alpha value is -0.840. The molecule has 16 heavy (non-hydrogen) atoms. The first-order chi connectivity index (χ1) is 7.38. The van der Waals surface area contributed by atoms with E-state index in [0.29, 0.717) is 11.6 Å². The largest absolute Gasteiger partial charge is 0.474 e. The minimum atomic E-state index is -0.0383. The van der Waals surface area contributed by atoms with Crippen LogP contribution in [0.15, 0.2) is 18.2 Å². The number of halogens is 1. The highest BCUT2D eigenvalue weighted by atomic mass is 35.5. The zero-order chi connectivity index (χ0) is 10.5. The average Bonchev–Trinajstić information content (AvgIpc) is 2.31. The highest BCUT2D eigenvalue weighted by molar-refractivity contribution is 5.85. The molecule has 0 bridgehead atoms. The molecule has 0 unspecified atom stereocenters. The Labute approximate surface area is 101 Å².